The van der Waals surface area contributed by atoms with Crippen molar-refractivity contribution >= 4 is 0 Å². The van der Waals surface area contributed by atoms with Gasteiger partial charge in [0.25, 0.3) is 0 Å². The Hall–Kier alpha value is 0.423. The minimum absolute atomic E-state index is 0. The summed E-state index contributed by atoms with van der Waals surface area (Å²) in [5.74, 6) is 3.56. The van der Waals surface area contributed by atoms with Crippen LogP contribution in [0.5, 0.6) is 0 Å². The molecule has 0 amide bonds. The van der Waals surface area contributed by atoms with Crippen molar-refractivity contribution in [3.8, 4) is 0 Å². The van der Waals surface area contributed by atoms with E-state index >= 15 is 0 Å². The number of rotatable bonds is 0. The molecule has 0 aromatic rings. The van der Waals surface area contributed by atoms with E-state index in [1.54, 1.807) is 0 Å². The molecule has 118 valence electrons. The Bertz CT molecular complexity index is 434. The Morgan fingerprint density at radius 1 is 1.09 bits per heavy atom. The monoisotopic (exact) mass is 412 g/mol. The molecule has 4 unspecified atom stereocenters. The molecule has 0 aromatic heterocycles. The Balaban J connectivity index is 0.000000429. The average molecular weight is 415 g/mol. The molecule has 0 aliphatic heterocycles. The fourth-order valence-corrected chi connectivity index (χ4v) is 3.97. The van der Waals surface area contributed by atoms with Gasteiger partial charge in [-0.2, -0.15) is 12.0 Å². The van der Waals surface area contributed by atoms with Crippen LogP contribution in [-0.4, -0.2) is 0 Å². The maximum absolute atomic E-state index is 3.12. The van der Waals surface area contributed by atoms with Crippen molar-refractivity contribution in [2.75, 3.05) is 0 Å². The van der Waals surface area contributed by atoms with Crippen molar-refractivity contribution in [3.05, 3.63) is 54.5 Å². The standard InChI is InChI=1S/C13H17.C6H7.2ClH.Zr/c1-3-7-12-10(5-1)9-11-6-2-4-8-13(11)12;1-6-4-2-3-5-6;;;/h1,3,5,7,9-13H,2,4,6,8H2;2,4H,3H2,1H3;2*1H;/q2*-1;;;+4/p-2. The van der Waals surface area contributed by atoms with Gasteiger partial charge in [0.05, 0.1) is 0 Å². The predicted octanol–water partition coefficient (Wildman–Crippen LogP) is -0.930. The zero-order valence-corrected chi connectivity index (χ0v) is 17.1. The molecule has 2 fully saturated rings. The summed E-state index contributed by atoms with van der Waals surface area (Å²) in [6, 6.07) is 0. The van der Waals surface area contributed by atoms with Gasteiger partial charge in [-0.25, -0.2) is 11.6 Å². The second kappa shape index (κ2) is 11.1. The molecule has 0 aromatic carbocycles. The van der Waals surface area contributed by atoms with Gasteiger partial charge in [-0.1, -0.05) is 56.8 Å². The Labute approximate surface area is 167 Å². The van der Waals surface area contributed by atoms with Crippen molar-refractivity contribution in [2.45, 2.75) is 39.0 Å². The van der Waals surface area contributed by atoms with E-state index in [0.717, 1.165) is 30.1 Å². The average Bonchev–Trinajstić information content (AvgIpc) is 3.06. The molecular weight excluding hydrogens is 390 g/mol. The summed E-state index contributed by atoms with van der Waals surface area (Å²) in [6.45, 7) is 2.06. The third-order valence-corrected chi connectivity index (χ3v) is 4.93. The first-order valence-corrected chi connectivity index (χ1v) is 7.78. The van der Waals surface area contributed by atoms with E-state index in [9.17, 15) is 0 Å². The smallest absolute Gasteiger partial charge is 1.00 e. The summed E-state index contributed by atoms with van der Waals surface area (Å²) in [6.07, 6.45) is 26.1. The molecule has 0 nitrogen and oxygen atoms in total. The third-order valence-electron chi connectivity index (χ3n) is 4.93. The van der Waals surface area contributed by atoms with Gasteiger partial charge in [-0.05, 0) is 5.92 Å². The molecule has 4 atom stereocenters. The third kappa shape index (κ3) is 5.50. The fraction of sp³-hybridized carbons (Fsp3) is 0.526. The molecular formula is C19H24Cl2Zr. The minimum Gasteiger partial charge on any atom is -1.00 e. The van der Waals surface area contributed by atoms with Gasteiger partial charge in [-0.15, -0.1) is 18.4 Å². The van der Waals surface area contributed by atoms with Gasteiger partial charge in [0, 0.05) is 0 Å². The maximum atomic E-state index is 3.12. The van der Waals surface area contributed by atoms with Crippen LogP contribution < -0.4 is 24.8 Å². The molecule has 2 saturated carbocycles. The molecule has 4 rings (SSSR count). The van der Waals surface area contributed by atoms with Crippen LogP contribution in [-0.2, 0) is 26.2 Å². The number of allylic oxidation sites excluding steroid dienone is 8. The SMILES string of the molecule is C1=CC2[CH-]C3CCCCC3C2C=C1.CC1=[C-]CC=C1.[Cl-].[Cl-].[Zr+4]. The summed E-state index contributed by atoms with van der Waals surface area (Å²) in [5.41, 5.74) is 1.27. The van der Waals surface area contributed by atoms with E-state index in [1.165, 1.54) is 31.3 Å². The first kappa shape index (κ1) is 22.4. The molecule has 4 aliphatic carbocycles. The van der Waals surface area contributed by atoms with E-state index in [2.05, 4.69) is 55.9 Å². The van der Waals surface area contributed by atoms with Crippen LogP contribution in [0.2, 0.25) is 0 Å². The molecule has 0 N–H and O–H groups in total. The molecule has 0 bridgehead atoms. The van der Waals surface area contributed by atoms with E-state index in [0.29, 0.717) is 0 Å². The van der Waals surface area contributed by atoms with Crippen LogP contribution in [0.3, 0.4) is 0 Å². The Morgan fingerprint density at radius 3 is 2.45 bits per heavy atom. The fourth-order valence-electron chi connectivity index (χ4n) is 3.97. The van der Waals surface area contributed by atoms with Gasteiger partial charge in [-0.3, -0.25) is 6.08 Å². The van der Waals surface area contributed by atoms with E-state index in [4.69, 9.17) is 0 Å². The Morgan fingerprint density at radius 2 is 1.82 bits per heavy atom. The van der Waals surface area contributed by atoms with Crippen LogP contribution >= 0.6 is 0 Å². The van der Waals surface area contributed by atoms with E-state index < -0.39 is 0 Å². The second-order valence-electron chi connectivity index (χ2n) is 6.20. The number of hydrogen-bond acceptors (Lipinski definition) is 0. The van der Waals surface area contributed by atoms with Gasteiger partial charge < -0.3 is 31.2 Å². The molecule has 0 radical (unpaired) electrons. The van der Waals surface area contributed by atoms with Gasteiger partial charge in [0.2, 0.25) is 0 Å². The van der Waals surface area contributed by atoms with Gasteiger partial charge in [0.1, 0.15) is 0 Å². The molecule has 0 heterocycles. The molecule has 22 heavy (non-hydrogen) atoms. The largest absolute Gasteiger partial charge is 4.00 e. The summed E-state index contributed by atoms with van der Waals surface area (Å²) < 4.78 is 0. The first-order valence-electron chi connectivity index (χ1n) is 7.78. The molecule has 0 spiro atoms. The molecule has 3 heteroatoms. The summed E-state index contributed by atoms with van der Waals surface area (Å²) in [5, 5.41) is 0. The van der Waals surface area contributed by atoms with Crippen LogP contribution in [0, 0.1) is 36.2 Å². The van der Waals surface area contributed by atoms with E-state index in [-0.39, 0.29) is 51.0 Å². The van der Waals surface area contributed by atoms with Gasteiger partial charge in [0.15, 0.2) is 0 Å². The zero-order valence-electron chi connectivity index (χ0n) is 13.1. The van der Waals surface area contributed by atoms with Crippen LogP contribution in [0.15, 0.2) is 42.0 Å². The van der Waals surface area contributed by atoms with E-state index in [1.807, 2.05) is 0 Å². The summed E-state index contributed by atoms with van der Waals surface area (Å²) >= 11 is 0. The predicted molar refractivity (Wildman–Crippen MR) is 81.2 cm³/mol. The summed E-state index contributed by atoms with van der Waals surface area (Å²) in [4.78, 5) is 0. The normalized spacial score (nSPS) is 33.0. The Kier molecular flexibility index (Phi) is 11.3. The first-order chi connectivity index (χ1) is 9.34. The van der Waals surface area contributed by atoms with Crippen LogP contribution in [0.1, 0.15) is 39.0 Å². The van der Waals surface area contributed by atoms with Crippen LogP contribution in [0.25, 0.3) is 0 Å². The molecule has 4 aliphatic rings. The van der Waals surface area contributed by atoms with Crippen molar-refractivity contribution in [2.24, 2.45) is 23.7 Å². The maximum Gasteiger partial charge on any atom is 4.00 e. The minimum atomic E-state index is 0. The van der Waals surface area contributed by atoms with Gasteiger partial charge >= 0.3 is 26.2 Å². The molecule has 0 saturated heterocycles. The number of fused-ring (bicyclic) bond motifs is 3. The summed E-state index contributed by atoms with van der Waals surface area (Å²) in [7, 11) is 0. The quantitative estimate of drug-likeness (QED) is 0.450. The van der Waals surface area contributed by atoms with Crippen molar-refractivity contribution in [1.82, 2.24) is 0 Å². The van der Waals surface area contributed by atoms with Crippen molar-refractivity contribution < 1.29 is 51.0 Å². The van der Waals surface area contributed by atoms with Crippen LogP contribution in [0.4, 0.5) is 0 Å². The second-order valence-corrected chi connectivity index (χ2v) is 6.20. The topological polar surface area (TPSA) is 0 Å². The van der Waals surface area contributed by atoms with Crippen molar-refractivity contribution in [1.29, 1.82) is 0 Å². The number of hydrogen-bond donors (Lipinski definition) is 0. The zero-order chi connectivity index (χ0) is 13.1. The van der Waals surface area contributed by atoms with Crippen molar-refractivity contribution in [3.63, 3.8) is 0 Å². The number of halogens is 2.